The van der Waals surface area contributed by atoms with E-state index in [1.807, 2.05) is 32.2 Å². The summed E-state index contributed by atoms with van der Waals surface area (Å²) in [4.78, 5) is 0. The molecule has 0 radical (unpaired) electrons. The lowest BCUT2D eigenvalue weighted by Crippen LogP contribution is -2.07. The molecule has 0 saturated heterocycles. The number of hydrogen-bond acceptors (Lipinski definition) is 3. The summed E-state index contributed by atoms with van der Waals surface area (Å²) in [7, 11) is 1.84. The van der Waals surface area contributed by atoms with Gasteiger partial charge in [-0.25, -0.2) is 0 Å². The highest BCUT2D eigenvalue weighted by molar-refractivity contribution is 6.31. The molecule has 1 aromatic heterocycles. The van der Waals surface area contributed by atoms with E-state index >= 15 is 0 Å². The maximum Gasteiger partial charge on any atom is 0.122 e. The van der Waals surface area contributed by atoms with Crippen LogP contribution in [0.4, 0.5) is 0 Å². The molecular weight excluding hydrogens is 276 g/mol. The summed E-state index contributed by atoms with van der Waals surface area (Å²) in [5.41, 5.74) is 3.70. The number of aryl methyl sites for hydroxylation is 2. The predicted molar refractivity (Wildman–Crippen MR) is 77.3 cm³/mol. The number of benzene rings is 1. The van der Waals surface area contributed by atoms with Crippen LogP contribution < -0.4 is 4.74 Å². The van der Waals surface area contributed by atoms with E-state index in [1.54, 1.807) is 4.68 Å². The Labute approximate surface area is 122 Å². The first-order valence-corrected chi connectivity index (χ1v) is 7.05. The number of nitrogens with zero attached hydrogens (tertiary/aromatic N) is 2. The molecule has 0 aliphatic carbocycles. The summed E-state index contributed by atoms with van der Waals surface area (Å²) < 4.78 is 7.21. The van der Waals surface area contributed by atoms with Crippen LogP contribution >= 0.6 is 11.6 Å². The summed E-state index contributed by atoms with van der Waals surface area (Å²) in [5.74, 6) is 0.926. The van der Waals surface area contributed by atoms with Gasteiger partial charge in [-0.05, 0) is 30.2 Å². The molecule has 2 aromatic rings. The predicted octanol–water partition coefficient (Wildman–Crippen LogP) is 2.59. The van der Waals surface area contributed by atoms with Gasteiger partial charge in [-0.2, -0.15) is 5.10 Å². The Morgan fingerprint density at radius 3 is 3.00 bits per heavy atom. The smallest absolute Gasteiger partial charge is 0.122 e. The monoisotopic (exact) mass is 292 g/mol. The number of ether oxygens (including phenoxy) is 1. The zero-order valence-electron chi connectivity index (χ0n) is 11.6. The fraction of sp³-hybridized carbons (Fsp3) is 0.400. The summed E-state index contributed by atoms with van der Waals surface area (Å²) in [6.45, 7) is 2.59. The molecule has 1 aliphatic rings. The van der Waals surface area contributed by atoms with Crippen LogP contribution in [0.25, 0.3) is 0 Å². The number of aliphatic hydroxyl groups is 1. The third-order valence-corrected chi connectivity index (χ3v) is 4.24. The van der Waals surface area contributed by atoms with Crippen molar-refractivity contribution in [2.75, 3.05) is 6.61 Å². The molecule has 1 aliphatic heterocycles. The third-order valence-electron chi connectivity index (χ3n) is 3.75. The van der Waals surface area contributed by atoms with Gasteiger partial charge in [-0.3, -0.25) is 4.68 Å². The molecule has 1 atom stereocenters. The standard InChI is InChI=1S/C15H17ClN2O2/c1-9-15(16)12(18(2)17-9)8-13(19)10-3-4-14-11(7-10)5-6-20-14/h3-4,7,13,19H,5-6,8H2,1-2H3. The highest BCUT2D eigenvalue weighted by atomic mass is 35.5. The summed E-state index contributed by atoms with van der Waals surface area (Å²) >= 11 is 6.22. The van der Waals surface area contributed by atoms with Gasteiger partial charge < -0.3 is 9.84 Å². The van der Waals surface area contributed by atoms with Crippen LogP contribution in [0.15, 0.2) is 18.2 Å². The molecule has 3 rings (SSSR count). The van der Waals surface area contributed by atoms with Crippen molar-refractivity contribution in [3.63, 3.8) is 0 Å². The second-order valence-electron chi connectivity index (χ2n) is 5.16. The number of aromatic nitrogens is 2. The molecule has 0 saturated carbocycles. The van der Waals surface area contributed by atoms with E-state index in [0.29, 0.717) is 11.4 Å². The second-order valence-corrected chi connectivity index (χ2v) is 5.53. The van der Waals surface area contributed by atoms with Crippen LogP contribution in [0.5, 0.6) is 5.75 Å². The SMILES string of the molecule is Cc1nn(C)c(CC(O)c2ccc3c(c2)CCO3)c1Cl. The molecule has 0 fully saturated rings. The average Bonchev–Trinajstić information content (AvgIpc) is 2.98. The highest BCUT2D eigenvalue weighted by Crippen LogP contribution is 2.30. The lowest BCUT2D eigenvalue weighted by Gasteiger charge is -2.12. The van der Waals surface area contributed by atoms with E-state index < -0.39 is 6.10 Å². The summed E-state index contributed by atoms with van der Waals surface area (Å²) in [6.07, 6.45) is 0.769. The van der Waals surface area contributed by atoms with Gasteiger partial charge in [0.05, 0.1) is 29.1 Å². The molecule has 4 nitrogen and oxygen atoms in total. The number of aliphatic hydroxyl groups excluding tert-OH is 1. The average molecular weight is 293 g/mol. The maximum absolute atomic E-state index is 10.4. The molecule has 1 unspecified atom stereocenters. The van der Waals surface area contributed by atoms with E-state index in [0.717, 1.165) is 41.3 Å². The van der Waals surface area contributed by atoms with Crippen molar-refractivity contribution in [3.8, 4) is 5.75 Å². The molecule has 20 heavy (non-hydrogen) atoms. The lowest BCUT2D eigenvalue weighted by atomic mass is 10.0. The Hall–Kier alpha value is -1.52. The Morgan fingerprint density at radius 2 is 2.30 bits per heavy atom. The van der Waals surface area contributed by atoms with Crippen molar-refractivity contribution in [2.45, 2.75) is 25.9 Å². The van der Waals surface area contributed by atoms with Gasteiger partial charge in [-0.15, -0.1) is 0 Å². The van der Waals surface area contributed by atoms with Crippen molar-refractivity contribution in [1.82, 2.24) is 9.78 Å². The highest BCUT2D eigenvalue weighted by Gasteiger charge is 2.19. The molecular formula is C15H17ClN2O2. The number of hydrogen-bond donors (Lipinski definition) is 1. The topological polar surface area (TPSA) is 47.3 Å². The third kappa shape index (κ3) is 2.30. The van der Waals surface area contributed by atoms with Gasteiger partial charge in [0.2, 0.25) is 0 Å². The van der Waals surface area contributed by atoms with Gasteiger partial charge in [0, 0.05) is 19.9 Å². The minimum atomic E-state index is -0.590. The summed E-state index contributed by atoms with van der Waals surface area (Å²) in [5, 5.41) is 15.3. The molecule has 2 heterocycles. The van der Waals surface area contributed by atoms with E-state index in [-0.39, 0.29) is 0 Å². The van der Waals surface area contributed by atoms with Crippen LogP contribution in [0.3, 0.4) is 0 Å². The molecule has 0 amide bonds. The van der Waals surface area contributed by atoms with Crippen LogP contribution in [0.2, 0.25) is 5.02 Å². The van der Waals surface area contributed by atoms with Crippen molar-refractivity contribution in [3.05, 3.63) is 45.7 Å². The van der Waals surface area contributed by atoms with Crippen LogP contribution in [-0.4, -0.2) is 21.5 Å². The van der Waals surface area contributed by atoms with Crippen LogP contribution in [-0.2, 0) is 19.9 Å². The Kier molecular flexibility index (Phi) is 3.44. The van der Waals surface area contributed by atoms with Gasteiger partial charge in [0.25, 0.3) is 0 Å². The van der Waals surface area contributed by atoms with Gasteiger partial charge in [0.15, 0.2) is 0 Å². The Balaban J connectivity index is 1.84. The Bertz CT molecular complexity index is 652. The van der Waals surface area contributed by atoms with Crippen LogP contribution in [0, 0.1) is 6.92 Å². The van der Waals surface area contributed by atoms with Crippen molar-refractivity contribution >= 4 is 11.6 Å². The largest absolute Gasteiger partial charge is 0.493 e. The Morgan fingerprint density at radius 1 is 1.50 bits per heavy atom. The lowest BCUT2D eigenvalue weighted by molar-refractivity contribution is 0.175. The first kappa shape index (κ1) is 13.5. The summed E-state index contributed by atoms with van der Waals surface area (Å²) in [6, 6.07) is 5.85. The van der Waals surface area contributed by atoms with E-state index in [4.69, 9.17) is 16.3 Å². The fourth-order valence-electron chi connectivity index (χ4n) is 2.62. The van der Waals surface area contributed by atoms with Crippen molar-refractivity contribution in [2.24, 2.45) is 7.05 Å². The fourth-order valence-corrected chi connectivity index (χ4v) is 2.85. The first-order chi connectivity index (χ1) is 9.56. The van der Waals surface area contributed by atoms with E-state index in [1.165, 1.54) is 0 Å². The normalized spacial score (nSPS) is 15.0. The van der Waals surface area contributed by atoms with Gasteiger partial charge in [0.1, 0.15) is 5.75 Å². The van der Waals surface area contributed by atoms with Crippen molar-refractivity contribution < 1.29 is 9.84 Å². The molecule has 1 N–H and O–H groups in total. The maximum atomic E-state index is 10.4. The van der Waals surface area contributed by atoms with Gasteiger partial charge in [-0.1, -0.05) is 17.7 Å². The van der Waals surface area contributed by atoms with Crippen LogP contribution in [0.1, 0.15) is 28.6 Å². The molecule has 0 spiro atoms. The van der Waals surface area contributed by atoms with E-state index in [9.17, 15) is 5.11 Å². The number of rotatable bonds is 3. The van der Waals surface area contributed by atoms with Crippen molar-refractivity contribution in [1.29, 1.82) is 0 Å². The number of fused-ring (bicyclic) bond motifs is 1. The minimum absolute atomic E-state index is 0.454. The molecule has 5 heteroatoms. The van der Waals surface area contributed by atoms with E-state index in [2.05, 4.69) is 5.10 Å². The zero-order chi connectivity index (χ0) is 14.3. The molecule has 1 aromatic carbocycles. The zero-order valence-corrected chi connectivity index (χ0v) is 12.3. The number of halogens is 1. The molecule has 106 valence electrons. The first-order valence-electron chi connectivity index (χ1n) is 6.68. The minimum Gasteiger partial charge on any atom is -0.493 e. The quantitative estimate of drug-likeness (QED) is 0.946. The van der Waals surface area contributed by atoms with Gasteiger partial charge >= 0.3 is 0 Å². The molecule has 0 bridgehead atoms. The second kappa shape index (κ2) is 5.11.